The molecule has 8 nitrogen and oxygen atoms in total. The first-order chi connectivity index (χ1) is 20.7. The number of hydrogen-bond acceptors (Lipinski definition) is 8. The van der Waals surface area contributed by atoms with Crippen LogP contribution in [0.3, 0.4) is 0 Å². The summed E-state index contributed by atoms with van der Waals surface area (Å²) in [6.07, 6.45) is 17.9. The lowest BCUT2D eigenvalue weighted by Gasteiger charge is -2.21. The summed E-state index contributed by atoms with van der Waals surface area (Å²) in [5.41, 5.74) is 0. The first kappa shape index (κ1) is 39.5. The molecule has 252 valence electrons. The zero-order chi connectivity index (χ0) is 31.9. The third-order valence-electron chi connectivity index (χ3n) is 8.59. The van der Waals surface area contributed by atoms with Gasteiger partial charge in [-0.2, -0.15) is 0 Å². The van der Waals surface area contributed by atoms with Crippen molar-refractivity contribution >= 4 is 11.9 Å². The number of aliphatic hydroxyl groups is 4. The molecular formula is C35H64O8. The summed E-state index contributed by atoms with van der Waals surface area (Å²) in [5.74, 6) is -0.164. The average Bonchev–Trinajstić information content (AvgIpc) is 3.24. The van der Waals surface area contributed by atoms with Gasteiger partial charge in [0.2, 0.25) is 0 Å². The summed E-state index contributed by atoms with van der Waals surface area (Å²) in [5, 5.41) is 40.6. The van der Waals surface area contributed by atoms with E-state index < -0.39 is 24.4 Å². The first-order valence-electron chi connectivity index (χ1n) is 17.4. The van der Waals surface area contributed by atoms with Gasteiger partial charge in [-0.1, -0.05) is 110 Å². The van der Waals surface area contributed by atoms with Crippen molar-refractivity contribution in [2.75, 3.05) is 13.2 Å². The van der Waals surface area contributed by atoms with Crippen molar-refractivity contribution in [3.8, 4) is 0 Å². The van der Waals surface area contributed by atoms with E-state index in [-0.39, 0.29) is 43.4 Å². The number of unbranched alkanes of at least 4 members (excludes halogenated alkanes) is 10. The maximum Gasteiger partial charge on any atom is 0.306 e. The van der Waals surface area contributed by atoms with Gasteiger partial charge >= 0.3 is 11.9 Å². The molecule has 0 aromatic heterocycles. The van der Waals surface area contributed by atoms with Gasteiger partial charge in [0.05, 0.1) is 24.9 Å². The Hall–Kier alpha value is -1.48. The van der Waals surface area contributed by atoms with Crippen molar-refractivity contribution in [2.24, 2.45) is 17.8 Å². The third kappa shape index (κ3) is 19.5. The molecule has 0 aliphatic heterocycles. The molecule has 0 bridgehead atoms. The molecule has 43 heavy (non-hydrogen) atoms. The van der Waals surface area contributed by atoms with Crippen LogP contribution in [0, 0.1) is 17.8 Å². The monoisotopic (exact) mass is 612 g/mol. The van der Waals surface area contributed by atoms with E-state index in [9.17, 15) is 30.0 Å². The summed E-state index contributed by atoms with van der Waals surface area (Å²) >= 11 is 0. The molecule has 1 fully saturated rings. The van der Waals surface area contributed by atoms with Gasteiger partial charge in [-0.15, -0.1) is 0 Å². The van der Waals surface area contributed by atoms with Crippen molar-refractivity contribution < 1.29 is 39.5 Å². The molecule has 8 heteroatoms. The Labute approximate surface area is 261 Å². The third-order valence-corrected chi connectivity index (χ3v) is 8.59. The molecule has 0 amide bonds. The Morgan fingerprint density at radius 3 is 2.07 bits per heavy atom. The Balaban J connectivity index is 2.17. The molecule has 6 atom stereocenters. The van der Waals surface area contributed by atoms with Crippen LogP contribution in [0.1, 0.15) is 143 Å². The molecule has 0 aromatic rings. The number of aliphatic hydroxyl groups excluding tert-OH is 4. The van der Waals surface area contributed by atoms with Crippen LogP contribution in [0.5, 0.6) is 0 Å². The highest BCUT2D eigenvalue weighted by molar-refractivity contribution is 5.70. The van der Waals surface area contributed by atoms with Crippen molar-refractivity contribution in [1.82, 2.24) is 0 Å². The van der Waals surface area contributed by atoms with Gasteiger partial charge in [0.25, 0.3) is 0 Å². The Bertz CT molecular complexity index is 739. The number of rotatable bonds is 26. The quantitative estimate of drug-likeness (QED) is 0.0501. The van der Waals surface area contributed by atoms with Gasteiger partial charge in [0.1, 0.15) is 6.61 Å². The fourth-order valence-corrected chi connectivity index (χ4v) is 5.89. The van der Waals surface area contributed by atoms with E-state index in [2.05, 4.69) is 20.8 Å². The molecule has 0 radical (unpaired) electrons. The second-order valence-electron chi connectivity index (χ2n) is 13.0. The first-order valence-corrected chi connectivity index (χ1v) is 17.4. The Morgan fingerprint density at radius 2 is 1.42 bits per heavy atom. The Morgan fingerprint density at radius 1 is 0.814 bits per heavy atom. The van der Waals surface area contributed by atoms with Gasteiger partial charge in [0.15, 0.2) is 6.10 Å². The standard InChI is InChI=1S/C35H64O8/c1-4-5-12-18-28(37)22-23-31-30(32(38)24-33(31)39)19-14-10-11-15-20-34(40)42-26-29(25-36)43-35(41)21-16-9-7-6-8-13-17-27(2)3/h22-23,27-33,36-39H,4-21,24-26H2,1-3H3/b23-22+/t28-,29-,30+,31+,32-,33+/m0/s1. The lowest BCUT2D eigenvalue weighted by atomic mass is 9.88. The molecule has 0 saturated heterocycles. The van der Waals surface area contributed by atoms with Crippen LogP contribution in [0.25, 0.3) is 0 Å². The normalized spacial score (nSPS) is 21.9. The highest BCUT2D eigenvalue weighted by atomic mass is 16.6. The van der Waals surface area contributed by atoms with Gasteiger partial charge in [0, 0.05) is 25.2 Å². The predicted octanol–water partition coefficient (Wildman–Crippen LogP) is 6.41. The van der Waals surface area contributed by atoms with E-state index in [1.54, 1.807) is 6.08 Å². The minimum absolute atomic E-state index is 0.0308. The largest absolute Gasteiger partial charge is 0.462 e. The number of carbonyl (C=O) groups excluding carboxylic acids is 2. The molecule has 0 unspecified atom stereocenters. The summed E-state index contributed by atoms with van der Waals surface area (Å²) < 4.78 is 10.5. The molecule has 0 spiro atoms. The van der Waals surface area contributed by atoms with E-state index in [4.69, 9.17) is 9.47 Å². The van der Waals surface area contributed by atoms with E-state index in [1.807, 2.05) is 6.08 Å². The van der Waals surface area contributed by atoms with Gasteiger partial charge < -0.3 is 29.9 Å². The van der Waals surface area contributed by atoms with E-state index in [0.29, 0.717) is 25.7 Å². The zero-order valence-corrected chi connectivity index (χ0v) is 27.5. The summed E-state index contributed by atoms with van der Waals surface area (Å²) in [7, 11) is 0. The lowest BCUT2D eigenvalue weighted by molar-refractivity contribution is -0.161. The minimum atomic E-state index is -0.833. The summed E-state index contributed by atoms with van der Waals surface area (Å²) in [4.78, 5) is 24.2. The second-order valence-corrected chi connectivity index (χ2v) is 13.0. The number of carbonyl (C=O) groups is 2. The van der Waals surface area contributed by atoms with Gasteiger partial charge in [-0.05, 0) is 37.5 Å². The molecule has 1 aliphatic carbocycles. The number of hydrogen-bond donors (Lipinski definition) is 4. The lowest BCUT2D eigenvalue weighted by Crippen LogP contribution is -2.28. The minimum Gasteiger partial charge on any atom is -0.462 e. The van der Waals surface area contributed by atoms with E-state index >= 15 is 0 Å². The van der Waals surface area contributed by atoms with Crippen LogP contribution in [-0.2, 0) is 19.1 Å². The van der Waals surface area contributed by atoms with Crippen LogP contribution >= 0.6 is 0 Å². The van der Waals surface area contributed by atoms with Crippen molar-refractivity contribution in [1.29, 1.82) is 0 Å². The van der Waals surface area contributed by atoms with E-state index in [0.717, 1.165) is 70.1 Å². The van der Waals surface area contributed by atoms with Crippen molar-refractivity contribution in [2.45, 2.75) is 167 Å². The van der Waals surface area contributed by atoms with Crippen LogP contribution in [0.15, 0.2) is 12.2 Å². The van der Waals surface area contributed by atoms with Crippen molar-refractivity contribution in [3.05, 3.63) is 12.2 Å². The molecule has 1 saturated carbocycles. The SMILES string of the molecule is CCCCC[C@H](O)/C=C/[C@@H]1[C@@H](CCCCCCC(=O)OC[C@H](CO)OC(=O)CCCCCCCCC(C)C)[C@@H](O)C[C@H]1O. The summed E-state index contributed by atoms with van der Waals surface area (Å²) in [6.45, 7) is 6.09. The molecule has 1 aliphatic rings. The van der Waals surface area contributed by atoms with Gasteiger partial charge in [-0.3, -0.25) is 9.59 Å². The molecule has 0 heterocycles. The van der Waals surface area contributed by atoms with Crippen LogP contribution in [0.4, 0.5) is 0 Å². The summed E-state index contributed by atoms with van der Waals surface area (Å²) in [6, 6.07) is 0. The van der Waals surface area contributed by atoms with Crippen molar-refractivity contribution in [3.63, 3.8) is 0 Å². The maximum absolute atomic E-state index is 12.1. The molecule has 4 N–H and O–H groups in total. The fraction of sp³-hybridized carbons (Fsp3) is 0.886. The smallest absolute Gasteiger partial charge is 0.306 e. The molecule has 1 rings (SSSR count). The highest BCUT2D eigenvalue weighted by Crippen LogP contribution is 2.37. The van der Waals surface area contributed by atoms with Crippen LogP contribution < -0.4 is 0 Å². The Kier molecular flexibility index (Phi) is 22.8. The second kappa shape index (κ2) is 24.8. The van der Waals surface area contributed by atoms with Crippen LogP contribution in [0.2, 0.25) is 0 Å². The molecular weight excluding hydrogens is 548 g/mol. The maximum atomic E-state index is 12.1. The fourth-order valence-electron chi connectivity index (χ4n) is 5.89. The highest BCUT2D eigenvalue weighted by Gasteiger charge is 2.39. The average molecular weight is 613 g/mol. The van der Waals surface area contributed by atoms with Crippen LogP contribution in [-0.4, -0.2) is 70.0 Å². The van der Waals surface area contributed by atoms with E-state index in [1.165, 1.54) is 25.7 Å². The predicted molar refractivity (Wildman–Crippen MR) is 170 cm³/mol. The number of ether oxygens (including phenoxy) is 2. The topological polar surface area (TPSA) is 134 Å². The molecule has 0 aromatic carbocycles. The number of esters is 2. The zero-order valence-electron chi connectivity index (χ0n) is 27.5. The van der Waals surface area contributed by atoms with Gasteiger partial charge in [-0.25, -0.2) is 0 Å².